The van der Waals surface area contributed by atoms with E-state index >= 15 is 0 Å². The van der Waals surface area contributed by atoms with Crippen LogP contribution in [-0.4, -0.2) is 31.1 Å². The lowest BCUT2D eigenvalue weighted by molar-refractivity contribution is -0.139. The van der Waals surface area contributed by atoms with Crippen molar-refractivity contribution in [3.05, 3.63) is 76.4 Å². The maximum atomic E-state index is 12.4. The Morgan fingerprint density at radius 2 is 1.73 bits per heavy atom. The zero-order valence-corrected chi connectivity index (χ0v) is 14.2. The van der Waals surface area contributed by atoms with Crippen molar-refractivity contribution in [3.8, 4) is 0 Å². The van der Waals surface area contributed by atoms with Crippen LogP contribution in [0.1, 0.15) is 0 Å². The van der Waals surface area contributed by atoms with E-state index in [1.807, 2.05) is 0 Å². The van der Waals surface area contributed by atoms with E-state index in [1.54, 1.807) is 42.6 Å². The average molecular weight is 352 g/mol. The van der Waals surface area contributed by atoms with Gasteiger partial charge in [0.05, 0.1) is 25.3 Å². The van der Waals surface area contributed by atoms with Crippen LogP contribution in [0.2, 0.25) is 0 Å². The number of nitrogens with zero attached hydrogens (tertiary/aromatic N) is 1. The van der Waals surface area contributed by atoms with E-state index in [-0.39, 0.29) is 16.8 Å². The fourth-order valence-electron chi connectivity index (χ4n) is 2.65. The number of methoxy groups -OCH3 is 2. The van der Waals surface area contributed by atoms with Gasteiger partial charge >= 0.3 is 11.9 Å². The first kappa shape index (κ1) is 17.2. The number of benzene rings is 1. The lowest BCUT2D eigenvalue weighted by atomic mass is 10.1. The number of aromatic nitrogens is 1. The molecular formula is C19H16N2O5. The predicted molar refractivity (Wildman–Crippen MR) is 96.4 cm³/mol. The van der Waals surface area contributed by atoms with Crippen LogP contribution in [0.15, 0.2) is 70.8 Å². The molecule has 1 aliphatic rings. The number of H-pyrrole nitrogens is 1. The van der Waals surface area contributed by atoms with E-state index in [1.165, 1.54) is 31.3 Å². The monoisotopic (exact) mass is 352 g/mol. The Hall–Kier alpha value is -3.61. The highest BCUT2D eigenvalue weighted by molar-refractivity contribution is 6.05. The minimum Gasteiger partial charge on any atom is -0.465 e. The van der Waals surface area contributed by atoms with E-state index in [2.05, 4.69) is 4.98 Å². The zero-order valence-electron chi connectivity index (χ0n) is 14.2. The smallest absolute Gasteiger partial charge is 0.355 e. The predicted octanol–water partition coefficient (Wildman–Crippen LogP) is 2.02. The molecule has 1 aromatic heterocycles. The fraction of sp³-hybridized carbons (Fsp3) is 0.105. The molecule has 0 unspecified atom stereocenters. The Morgan fingerprint density at radius 3 is 2.46 bits per heavy atom. The largest absolute Gasteiger partial charge is 0.465 e. The highest BCUT2D eigenvalue weighted by Crippen LogP contribution is 2.28. The van der Waals surface area contributed by atoms with E-state index in [0.29, 0.717) is 11.2 Å². The third kappa shape index (κ3) is 3.14. The van der Waals surface area contributed by atoms with Gasteiger partial charge < -0.3 is 19.4 Å². The molecule has 0 saturated heterocycles. The molecule has 7 heteroatoms. The number of ether oxygens (including phenoxy) is 2. The van der Waals surface area contributed by atoms with Gasteiger partial charge in [-0.05, 0) is 35.7 Å². The van der Waals surface area contributed by atoms with Crippen LogP contribution >= 0.6 is 0 Å². The maximum absolute atomic E-state index is 12.4. The highest BCUT2D eigenvalue weighted by atomic mass is 16.5. The molecule has 1 aromatic carbocycles. The average Bonchev–Trinajstić information content (AvgIpc) is 2.89. The van der Waals surface area contributed by atoms with Crippen LogP contribution in [0, 0.1) is 0 Å². The summed E-state index contributed by atoms with van der Waals surface area (Å²) < 4.78 is 9.64. The Labute approximate surface area is 148 Å². The first-order valence-corrected chi connectivity index (χ1v) is 7.73. The molecule has 0 amide bonds. The van der Waals surface area contributed by atoms with Crippen molar-refractivity contribution >= 4 is 28.5 Å². The second-order valence-electron chi connectivity index (χ2n) is 5.41. The van der Waals surface area contributed by atoms with Gasteiger partial charge in [0.1, 0.15) is 5.70 Å². The Balaban J connectivity index is 2.21. The normalized spacial score (nSPS) is 13.7. The first-order valence-electron chi connectivity index (χ1n) is 7.73. The van der Waals surface area contributed by atoms with Crippen LogP contribution in [0.5, 0.6) is 0 Å². The molecule has 1 N–H and O–H groups in total. The number of anilines is 1. The van der Waals surface area contributed by atoms with Gasteiger partial charge in [0.2, 0.25) is 5.56 Å². The minimum absolute atomic E-state index is 0.0157. The molecule has 0 spiro atoms. The topological polar surface area (TPSA) is 88.7 Å². The van der Waals surface area contributed by atoms with Crippen molar-refractivity contribution in [2.75, 3.05) is 19.1 Å². The minimum atomic E-state index is -0.691. The third-order valence-corrected chi connectivity index (χ3v) is 3.88. The van der Waals surface area contributed by atoms with Gasteiger partial charge in [-0.3, -0.25) is 4.79 Å². The number of rotatable bonds is 3. The van der Waals surface area contributed by atoms with Gasteiger partial charge in [0, 0.05) is 18.0 Å². The number of carbonyl (C=O) groups excluding carboxylic acids is 2. The molecule has 1 aliphatic heterocycles. The fourth-order valence-corrected chi connectivity index (χ4v) is 2.65. The molecule has 0 bridgehead atoms. The molecule has 0 aliphatic carbocycles. The van der Waals surface area contributed by atoms with Crippen LogP contribution in [0.3, 0.4) is 0 Å². The van der Waals surface area contributed by atoms with Crippen LogP contribution in [0.25, 0.3) is 10.9 Å². The second kappa shape index (κ2) is 7.10. The summed E-state index contributed by atoms with van der Waals surface area (Å²) in [4.78, 5) is 40.4. The van der Waals surface area contributed by atoms with E-state index in [4.69, 9.17) is 9.47 Å². The van der Waals surface area contributed by atoms with Crippen molar-refractivity contribution in [1.82, 2.24) is 4.98 Å². The molecule has 2 aromatic rings. The van der Waals surface area contributed by atoms with Crippen molar-refractivity contribution < 1.29 is 19.1 Å². The Morgan fingerprint density at radius 1 is 1.00 bits per heavy atom. The summed E-state index contributed by atoms with van der Waals surface area (Å²) in [6.07, 6.45) is 6.41. The Bertz CT molecular complexity index is 1030. The standard InChI is InChI=1S/C19H16N2O5/c1-25-18(23)14-5-3-4-10-21(17(14)19(24)26-2)13-8-6-12-7-9-16(22)20-15(12)11-13/h3-11H,1-2H3,(H,20,22). The molecule has 0 fully saturated rings. The summed E-state index contributed by atoms with van der Waals surface area (Å²) in [7, 11) is 2.47. The number of pyridine rings is 1. The highest BCUT2D eigenvalue weighted by Gasteiger charge is 2.27. The molecule has 3 rings (SSSR count). The molecule has 0 atom stereocenters. The van der Waals surface area contributed by atoms with Gasteiger partial charge in [0.25, 0.3) is 0 Å². The van der Waals surface area contributed by atoms with Crippen LogP contribution < -0.4 is 10.5 Å². The molecule has 132 valence electrons. The SMILES string of the molecule is COC(=O)C1=C(C(=O)OC)N(c2ccc3ccc(=O)[nH]c3c2)C=CC=C1. The summed E-state index contributed by atoms with van der Waals surface area (Å²) in [6.45, 7) is 0. The number of aromatic amines is 1. The van der Waals surface area contributed by atoms with Crippen molar-refractivity contribution in [3.63, 3.8) is 0 Å². The van der Waals surface area contributed by atoms with Crippen LogP contribution in [0.4, 0.5) is 5.69 Å². The van der Waals surface area contributed by atoms with E-state index in [9.17, 15) is 14.4 Å². The molecular weight excluding hydrogens is 336 g/mol. The van der Waals surface area contributed by atoms with Gasteiger partial charge in [-0.15, -0.1) is 0 Å². The molecule has 7 nitrogen and oxygen atoms in total. The second-order valence-corrected chi connectivity index (χ2v) is 5.41. The number of hydrogen-bond acceptors (Lipinski definition) is 6. The maximum Gasteiger partial charge on any atom is 0.355 e. The quantitative estimate of drug-likeness (QED) is 0.850. The number of allylic oxidation sites excluding steroid dienone is 2. The Kier molecular flexibility index (Phi) is 4.70. The molecule has 0 saturated carbocycles. The van der Waals surface area contributed by atoms with Crippen molar-refractivity contribution in [2.45, 2.75) is 0 Å². The summed E-state index contributed by atoms with van der Waals surface area (Å²) in [5, 5.41) is 0.835. The van der Waals surface area contributed by atoms with Crippen molar-refractivity contribution in [1.29, 1.82) is 0 Å². The summed E-state index contributed by atoms with van der Waals surface area (Å²) in [5.74, 6) is -1.35. The number of esters is 2. The summed E-state index contributed by atoms with van der Waals surface area (Å²) in [5.41, 5.74) is 1.01. The number of carbonyl (C=O) groups is 2. The lowest BCUT2D eigenvalue weighted by Crippen LogP contribution is -2.27. The van der Waals surface area contributed by atoms with Gasteiger partial charge in [-0.2, -0.15) is 0 Å². The van der Waals surface area contributed by atoms with Gasteiger partial charge in [0.15, 0.2) is 0 Å². The number of nitrogens with one attached hydrogen (secondary N) is 1. The molecule has 0 radical (unpaired) electrons. The summed E-state index contributed by atoms with van der Waals surface area (Å²) in [6, 6.07) is 8.43. The number of fused-ring (bicyclic) bond motifs is 1. The number of hydrogen-bond donors (Lipinski definition) is 1. The van der Waals surface area contributed by atoms with Gasteiger partial charge in [-0.25, -0.2) is 9.59 Å². The van der Waals surface area contributed by atoms with E-state index < -0.39 is 11.9 Å². The van der Waals surface area contributed by atoms with Gasteiger partial charge in [-0.1, -0.05) is 12.1 Å². The molecule has 2 heterocycles. The molecule has 26 heavy (non-hydrogen) atoms. The van der Waals surface area contributed by atoms with Crippen molar-refractivity contribution in [2.24, 2.45) is 0 Å². The first-order chi connectivity index (χ1) is 12.5. The summed E-state index contributed by atoms with van der Waals surface area (Å²) >= 11 is 0. The zero-order chi connectivity index (χ0) is 18.7. The van der Waals surface area contributed by atoms with E-state index in [0.717, 1.165) is 5.39 Å². The third-order valence-electron chi connectivity index (χ3n) is 3.88. The van der Waals surface area contributed by atoms with Crippen LogP contribution in [-0.2, 0) is 19.1 Å². The lowest BCUT2D eigenvalue weighted by Gasteiger charge is -2.23.